The van der Waals surface area contributed by atoms with E-state index >= 15 is 0 Å². The Labute approximate surface area is 164 Å². The lowest BCUT2D eigenvalue weighted by Gasteiger charge is -2.08. The topological polar surface area (TPSA) is 88.0 Å². The molecular formula is C18H14Cl2N6O. The summed E-state index contributed by atoms with van der Waals surface area (Å²) in [4.78, 5) is 28.7. The van der Waals surface area contributed by atoms with E-state index in [9.17, 15) is 4.79 Å². The van der Waals surface area contributed by atoms with Crippen LogP contribution in [-0.2, 0) is 6.54 Å². The van der Waals surface area contributed by atoms with Crippen molar-refractivity contribution < 1.29 is 4.79 Å². The van der Waals surface area contributed by atoms with Crippen molar-refractivity contribution in [2.45, 2.75) is 6.54 Å². The van der Waals surface area contributed by atoms with Gasteiger partial charge in [-0.2, -0.15) is 4.99 Å². The van der Waals surface area contributed by atoms with Crippen molar-refractivity contribution in [1.29, 1.82) is 0 Å². The number of H-pyrrole nitrogens is 1. The van der Waals surface area contributed by atoms with E-state index in [0.717, 1.165) is 34.3 Å². The van der Waals surface area contributed by atoms with Crippen molar-refractivity contribution in [2.24, 2.45) is 4.99 Å². The molecule has 0 fully saturated rings. The lowest BCUT2D eigenvalue weighted by Crippen LogP contribution is -2.24. The minimum absolute atomic E-state index is 0. The monoisotopic (exact) mass is 400 g/mol. The Morgan fingerprint density at radius 3 is 2.93 bits per heavy atom. The maximum absolute atomic E-state index is 12.7. The molecule has 2 aromatic carbocycles. The van der Waals surface area contributed by atoms with Gasteiger partial charge in [-0.15, -0.1) is 12.4 Å². The average molecular weight is 401 g/mol. The molecule has 0 unspecified atom stereocenters. The highest BCUT2D eigenvalue weighted by Crippen LogP contribution is 2.25. The van der Waals surface area contributed by atoms with E-state index in [0.29, 0.717) is 22.7 Å². The van der Waals surface area contributed by atoms with Gasteiger partial charge in [0.15, 0.2) is 0 Å². The largest absolute Gasteiger partial charge is 0.369 e. The molecule has 2 aromatic heterocycles. The normalized spacial score (nSPS) is 13.4. The zero-order chi connectivity index (χ0) is 17.7. The molecule has 0 bridgehead atoms. The summed E-state index contributed by atoms with van der Waals surface area (Å²) >= 11 is 6.11. The van der Waals surface area contributed by atoms with Gasteiger partial charge in [0.2, 0.25) is 5.62 Å². The van der Waals surface area contributed by atoms with Gasteiger partial charge in [0, 0.05) is 29.1 Å². The number of nitrogens with zero attached hydrogens (tertiary/aromatic N) is 4. The number of amides is 1. The highest BCUT2D eigenvalue weighted by Gasteiger charge is 2.16. The maximum atomic E-state index is 12.7. The zero-order valence-corrected chi connectivity index (χ0v) is 15.5. The summed E-state index contributed by atoms with van der Waals surface area (Å²) in [5.74, 6) is 0.539. The van der Waals surface area contributed by atoms with Gasteiger partial charge in [-0.1, -0.05) is 11.6 Å². The fraction of sp³-hybridized carbons (Fsp3) is 0.111. The van der Waals surface area contributed by atoms with E-state index in [1.165, 1.54) is 0 Å². The third-order valence-corrected chi connectivity index (χ3v) is 4.68. The van der Waals surface area contributed by atoms with Crippen molar-refractivity contribution in [3.05, 3.63) is 58.9 Å². The smallest absolute Gasteiger partial charge is 0.280 e. The number of anilines is 1. The zero-order valence-electron chi connectivity index (χ0n) is 13.9. The molecule has 2 N–H and O–H groups in total. The molecular weight excluding hydrogens is 387 g/mol. The number of hydrogen-bond donors (Lipinski definition) is 2. The van der Waals surface area contributed by atoms with Crippen LogP contribution in [0.5, 0.6) is 0 Å². The van der Waals surface area contributed by atoms with Crippen molar-refractivity contribution in [3.8, 4) is 0 Å². The molecule has 0 spiro atoms. The predicted octanol–water partition coefficient (Wildman–Crippen LogP) is 3.15. The summed E-state index contributed by atoms with van der Waals surface area (Å²) < 4.78 is 1.91. The van der Waals surface area contributed by atoms with Crippen LogP contribution < -0.4 is 10.9 Å². The highest BCUT2D eigenvalue weighted by atomic mass is 35.5. The fourth-order valence-electron chi connectivity index (χ4n) is 3.21. The molecule has 0 saturated heterocycles. The molecule has 4 aromatic rings. The number of imidazole rings is 1. The minimum Gasteiger partial charge on any atom is -0.369 e. The van der Waals surface area contributed by atoms with Gasteiger partial charge in [0.1, 0.15) is 5.82 Å². The van der Waals surface area contributed by atoms with Crippen LogP contribution in [0.25, 0.3) is 21.9 Å². The highest BCUT2D eigenvalue weighted by molar-refractivity contribution is 6.31. The third kappa shape index (κ3) is 2.94. The van der Waals surface area contributed by atoms with Crippen LogP contribution in [0, 0.1) is 0 Å². The molecule has 0 radical (unpaired) electrons. The van der Waals surface area contributed by atoms with Crippen molar-refractivity contribution in [3.63, 3.8) is 0 Å². The number of aromatic amines is 1. The first kappa shape index (κ1) is 17.5. The summed E-state index contributed by atoms with van der Waals surface area (Å²) in [6.45, 7) is 1.45. The van der Waals surface area contributed by atoms with Crippen LogP contribution in [-0.4, -0.2) is 32.0 Å². The number of fused-ring (bicyclic) bond motifs is 4. The summed E-state index contributed by atoms with van der Waals surface area (Å²) in [5.41, 5.74) is 3.22. The SMILES string of the molecule is Cl.O=C(N=c1nc2ccc(Cl)cc2c2n1CCN2)c1ccc2nc[nH]c2c1. The molecule has 5 rings (SSSR count). The van der Waals surface area contributed by atoms with E-state index in [-0.39, 0.29) is 18.3 Å². The fourth-order valence-corrected chi connectivity index (χ4v) is 3.38. The van der Waals surface area contributed by atoms with Gasteiger partial charge < -0.3 is 10.3 Å². The van der Waals surface area contributed by atoms with Gasteiger partial charge >= 0.3 is 0 Å². The first-order valence-electron chi connectivity index (χ1n) is 8.15. The van der Waals surface area contributed by atoms with Crippen molar-refractivity contribution >= 4 is 57.7 Å². The van der Waals surface area contributed by atoms with Crippen LogP contribution >= 0.6 is 24.0 Å². The maximum Gasteiger partial charge on any atom is 0.280 e. The molecule has 3 heterocycles. The van der Waals surface area contributed by atoms with Gasteiger partial charge in [0.05, 0.1) is 22.9 Å². The Balaban J connectivity index is 0.00000180. The molecule has 0 aliphatic carbocycles. The molecule has 7 nitrogen and oxygen atoms in total. The predicted molar refractivity (Wildman–Crippen MR) is 106 cm³/mol. The van der Waals surface area contributed by atoms with E-state index in [1.54, 1.807) is 30.6 Å². The lowest BCUT2D eigenvalue weighted by atomic mass is 10.2. The molecule has 136 valence electrons. The summed E-state index contributed by atoms with van der Waals surface area (Å²) in [6, 6.07) is 10.7. The summed E-state index contributed by atoms with van der Waals surface area (Å²) in [7, 11) is 0. The molecule has 0 saturated carbocycles. The Hall–Kier alpha value is -2.90. The number of hydrogen-bond acceptors (Lipinski definition) is 4. The Kier molecular flexibility index (Phi) is 4.33. The van der Waals surface area contributed by atoms with Gasteiger partial charge in [0.25, 0.3) is 5.91 Å². The molecule has 0 atom stereocenters. The molecule has 27 heavy (non-hydrogen) atoms. The Bertz CT molecular complexity index is 1260. The third-order valence-electron chi connectivity index (χ3n) is 4.44. The summed E-state index contributed by atoms with van der Waals surface area (Å²) in [6.07, 6.45) is 1.60. The number of halogens is 2. The Morgan fingerprint density at radius 2 is 2.04 bits per heavy atom. The second-order valence-corrected chi connectivity index (χ2v) is 6.49. The minimum atomic E-state index is -0.344. The van der Waals surface area contributed by atoms with Gasteiger partial charge in [-0.05, 0) is 36.4 Å². The Morgan fingerprint density at radius 1 is 1.19 bits per heavy atom. The first-order valence-corrected chi connectivity index (χ1v) is 8.53. The van der Waals surface area contributed by atoms with E-state index in [2.05, 4.69) is 25.3 Å². The van der Waals surface area contributed by atoms with Crippen molar-refractivity contribution in [2.75, 3.05) is 11.9 Å². The van der Waals surface area contributed by atoms with Gasteiger partial charge in [-0.3, -0.25) is 9.36 Å². The molecule has 1 aliphatic heterocycles. The molecule has 1 amide bonds. The lowest BCUT2D eigenvalue weighted by molar-refractivity contribution is 0.0996. The van der Waals surface area contributed by atoms with Gasteiger partial charge in [-0.25, -0.2) is 9.97 Å². The van der Waals surface area contributed by atoms with Crippen LogP contribution in [0.15, 0.2) is 47.7 Å². The molecule has 9 heteroatoms. The number of aromatic nitrogens is 4. The number of carbonyl (C=O) groups excluding carboxylic acids is 1. The molecule has 1 aliphatic rings. The van der Waals surface area contributed by atoms with Crippen LogP contribution in [0.4, 0.5) is 5.82 Å². The quantitative estimate of drug-likeness (QED) is 0.513. The van der Waals surface area contributed by atoms with E-state index in [4.69, 9.17) is 11.6 Å². The standard InChI is InChI=1S/C18H13ClN6O.ClH/c19-11-2-4-13-12(8-11)16-20-5-6-25(16)18(23-13)24-17(26)10-1-3-14-15(7-10)22-9-21-14;/h1-4,7-9,20H,5-6H2,(H,21,22);1H. The second kappa shape index (κ2) is 6.68. The van der Waals surface area contributed by atoms with Crippen LogP contribution in [0.2, 0.25) is 5.02 Å². The number of carbonyl (C=O) groups is 1. The first-order chi connectivity index (χ1) is 12.7. The summed E-state index contributed by atoms with van der Waals surface area (Å²) in [5, 5.41) is 4.88. The van der Waals surface area contributed by atoms with E-state index < -0.39 is 0 Å². The van der Waals surface area contributed by atoms with E-state index in [1.807, 2.05) is 16.7 Å². The number of nitrogens with one attached hydrogen (secondary N) is 2. The number of rotatable bonds is 1. The number of benzene rings is 2. The average Bonchev–Trinajstić information content (AvgIpc) is 3.31. The van der Waals surface area contributed by atoms with Crippen molar-refractivity contribution in [1.82, 2.24) is 19.5 Å². The second-order valence-electron chi connectivity index (χ2n) is 6.05. The van der Waals surface area contributed by atoms with Crippen LogP contribution in [0.1, 0.15) is 10.4 Å². The van der Waals surface area contributed by atoms with Crippen LogP contribution in [0.3, 0.4) is 0 Å².